The number of rotatable bonds is 10. The predicted molar refractivity (Wildman–Crippen MR) is 123 cm³/mol. The van der Waals surface area contributed by atoms with Gasteiger partial charge in [0, 0.05) is 38.4 Å². The van der Waals surface area contributed by atoms with Gasteiger partial charge in [0.2, 0.25) is 0 Å². The molecule has 3 rings (SSSR count). The minimum Gasteiger partial charge on any atom is -0.461 e. The fourth-order valence-electron chi connectivity index (χ4n) is 4.61. The van der Waals surface area contributed by atoms with Crippen molar-refractivity contribution in [2.45, 2.75) is 56.3 Å². The van der Waals surface area contributed by atoms with E-state index in [1.54, 1.807) is 6.07 Å². The van der Waals surface area contributed by atoms with E-state index in [4.69, 9.17) is 18.9 Å². The van der Waals surface area contributed by atoms with E-state index in [0.717, 1.165) is 19.1 Å². The number of likely N-dealkylation sites (tertiary alicyclic amines) is 1. The molecule has 0 spiro atoms. The smallest absolute Gasteiger partial charge is 0.432 e. The Bertz CT molecular complexity index is 928. The van der Waals surface area contributed by atoms with Crippen molar-refractivity contribution in [1.82, 2.24) is 4.90 Å². The summed E-state index contributed by atoms with van der Waals surface area (Å²) in [6.07, 6.45) is -4.00. The fraction of sp³-hybridized carbons (Fsp3) is 0.500. The van der Waals surface area contributed by atoms with Crippen molar-refractivity contribution >= 4 is 5.97 Å². The summed E-state index contributed by atoms with van der Waals surface area (Å²) in [4.78, 5) is 15.2. The standard InChI is InChI=1S/C26H32F3NO5/c1-19-14-23(35-18-32-2)15-22(30(19)16-20-10-6-4-7-11-20)17-34-24(31)25(33-3,26(27,28)29)21-12-8-5-9-13-21/h4-13,19,22-23H,14-18H2,1-3H3/t19-,22-,23+,25?/m1/s1. The van der Waals surface area contributed by atoms with E-state index in [1.165, 1.54) is 31.4 Å². The van der Waals surface area contributed by atoms with Gasteiger partial charge in [-0.1, -0.05) is 60.7 Å². The molecule has 192 valence electrons. The van der Waals surface area contributed by atoms with E-state index in [2.05, 4.69) is 4.90 Å². The van der Waals surface area contributed by atoms with Gasteiger partial charge in [-0.05, 0) is 25.3 Å². The largest absolute Gasteiger partial charge is 0.461 e. The zero-order chi connectivity index (χ0) is 25.5. The molecule has 0 aliphatic carbocycles. The highest BCUT2D eigenvalue weighted by Gasteiger charge is 2.64. The summed E-state index contributed by atoms with van der Waals surface area (Å²) in [5, 5.41) is 0. The van der Waals surface area contributed by atoms with Crippen LogP contribution in [0.15, 0.2) is 60.7 Å². The molecule has 0 bridgehead atoms. The van der Waals surface area contributed by atoms with E-state index in [9.17, 15) is 18.0 Å². The highest BCUT2D eigenvalue weighted by molar-refractivity contribution is 5.82. The summed E-state index contributed by atoms with van der Waals surface area (Å²) in [5.74, 6) is -1.49. The van der Waals surface area contributed by atoms with Gasteiger partial charge in [0.05, 0.1) is 6.10 Å². The lowest BCUT2D eigenvalue weighted by molar-refractivity contribution is -0.277. The van der Waals surface area contributed by atoms with Crippen LogP contribution in [0.5, 0.6) is 0 Å². The number of methoxy groups -OCH3 is 2. The number of hydrogen-bond donors (Lipinski definition) is 0. The first kappa shape index (κ1) is 27.1. The molecular weight excluding hydrogens is 463 g/mol. The molecule has 4 atom stereocenters. The molecule has 2 aromatic rings. The minimum absolute atomic E-state index is 0.0402. The van der Waals surface area contributed by atoms with Crippen LogP contribution in [0.25, 0.3) is 0 Å². The number of carbonyl (C=O) groups is 1. The van der Waals surface area contributed by atoms with Crippen molar-refractivity contribution in [1.29, 1.82) is 0 Å². The first-order valence-electron chi connectivity index (χ1n) is 11.5. The number of esters is 1. The number of carbonyl (C=O) groups excluding carboxylic acids is 1. The van der Waals surface area contributed by atoms with Gasteiger partial charge in [-0.3, -0.25) is 4.90 Å². The van der Waals surface area contributed by atoms with Crippen LogP contribution in [-0.4, -0.2) is 62.9 Å². The molecule has 35 heavy (non-hydrogen) atoms. The maximum absolute atomic E-state index is 14.2. The summed E-state index contributed by atoms with van der Waals surface area (Å²) >= 11 is 0. The Kier molecular flexibility index (Phi) is 9.29. The highest BCUT2D eigenvalue weighted by Crippen LogP contribution is 2.43. The van der Waals surface area contributed by atoms with Crippen molar-refractivity contribution in [2.24, 2.45) is 0 Å². The average molecular weight is 496 g/mol. The van der Waals surface area contributed by atoms with Crippen LogP contribution in [-0.2, 0) is 35.9 Å². The van der Waals surface area contributed by atoms with Gasteiger partial charge in [-0.15, -0.1) is 0 Å². The Morgan fingerprint density at radius 3 is 2.20 bits per heavy atom. The van der Waals surface area contributed by atoms with Gasteiger partial charge in [0.25, 0.3) is 5.60 Å². The van der Waals surface area contributed by atoms with E-state index < -0.39 is 17.7 Å². The molecule has 0 N–H and O–H groups in total. The number of alkyl halides is 3. The number of ether oxygens (including phenoxy) is 4. The number of benzene rings is 2. The van der Waals surface area contributed by atoms with E-state index >= 15 is 0 Å². The number of piperidine rings is 1. The van der Waals surface area contributed by atoms with E-state index in [-0.39, 0.29) is 37.2 Å². The van der Waals surface area contributed by atoms with Crippen molar-refractivity contribution in [3.8, 4) is 0 Å². The Morgan fingerprint density at radius 2 is 1.63 bits per heavy atom. The molecule has 1 aliphatic rings. The van der Waals surface area contributed by atoms with Gasteiger partial charge in [0.15, 0.2) is 0 Å². The maximum atomic E-state index is 14.2. The lowest BCUT2D eigenvalue weighted by Gasteiger charge is -2.44. The van der Waals surface area contributed by atoms with Crippen molar-refractivity contribution in [3.05, 3.63) is 71.8 Å². The van der Waals surface area contributed by atoms with Crippen LogP contribution in [0.1, 0.15) is 30.9 Å². The summed E-state index contributed by atoms with van der Waals surface area (Å²) in [7, 11) is 2.39. The van der Waals surface area contributed by atoms with Gasteiger partial charge in [0.1, 0.15) is 13.4 Å². The number of nitrogens with zero attached hydrogens (tertiary/aromatic N) is 1. The van der Waals surface area contributed by atoms with Gasteiger partial charge in [-0.2, -0.15) is 13.2 Å². The van der Waals surface area contributed by atoms with Crippen LogP contribution in [0.4, 0.5) is 13.2 Å². The van der Waals surface area contributed by atoms with Crippen LogP contribution in [0.3, 0.4) is 0 Å². The van der Waals surface area contributed by atoms with Crippen LogP contribution in [0, 0.1) is 0 Å². The second-order valence-corrected chi connectivity index (χ2v) is 8.67. The molecule has 1 aliphatic heterocycles. The lowest BCUT2D eigenvalue weighted by atomic mass is 9.92. The summed E-state index contributed by atoms with van der Waals surface area (Å²) in [6.45, 7) is 2.46. The zero-order valence-electron chi connectivity index (χ0n) is 20.2. The average Bonchev–Trinajstić information content (AvgIpc) is 2.84. The molecule has 1 heterocycles. The first-order valence-corrected chi connectivity index (χ1v) is 11.5. The third kappa shape index (κ3) is 6.22. The SMILES string of the molecule is COCO[C@@H]1C[C@H](COC(=O)C(OC)(c2ccccc2)C(F)(F)F)N(Cc2ccccc2)[C@H](C)C1. The zero-order valence-corrected chi connectivity index (χ0v) is 20.2. The summed E-state index contributed by atoms with van der Waals surface area (Å²) in [5.41, 5.74) is -2.50. The molecule has 9 heteroatoms. The molecule has 1 fully saturated rings. The van der Waals surface area contributed by atoms with Gasteiger partial charge < -0.3 is 18.9 Å². The Balaban J connectivity index is 1.83. The summed E-state index contributed by atoms with van der Waals surface area (Å²) < 4.78 is 63.7. The third-order valence-corrected chi connectivity index (χ3v) is 6.38. The minimum atomic E-state index is -5.02. The molecule has 6 nitrogen and oxygen atoms in total. The van der Waals surface area contributed by atoms with Crippen molar-refractivity contribution < 1.29 is 36.9 Å². The highest BCUT2D eigenvalue weighted by atomic mass is 19.4. The van der Waals surface area contributed by atoms with Crippen molar-refractivity contribution in [2.75, 3.05) is 27.6 Å². The van der Waals surface area contributed by atoms with E-state index in [0.29, 0.717) is 13.0 Å². The molecule has 0 saturated carbocycles. The Morgan fingerprint density at radius 1 is 1.00 bits per heavy atom. The predicted octanol–water partition coefficient (Wildman–Crippen LogP) is 4.68. The van der Waals surface area contributed by atoms with E-state index in [1.807, 2.05) is 37.3 Å². The normalized spacial score (nSPS) is 23.0. The van der Waals surface area contributed by atoms with Crippen LogP contribution < -0.4 is 0 Å². The molecule has 0 radical (unpaired) electrons. The molecule has 1 saturated heterocycles. The maximum Gasteiger partial charge on any atom is 0.432 e. The van der Waals surface area contributed by atoms with Gasteiger partial charge >= 0.3 is 12.1 Å². The molecule has 1 unspecified atom stereocenters. The molecule has 0 aromatic heterocycles. The Hall–Kier alpha value is -2.46. The van der Waals surface area contributed by atoms with Gasteiger partial charge in [-0.25, -0.2) is 4.79 Å². The number of halogens is 3. The Labute approximate surface area is 203 Å². The first-order chi connectivity index (χ1) is 16.7. The molecule has 0 amide bonds. The topological polar surface area (TPSA) is 57.2 Å². The third-order valence-electron chi connectivity index (χ3n) is 6.38. The second kappa shape index (κ2) is 12.0. The van der Waals surface area contributed by atoms with Crippen molar-refractivity contribution in [3.63, 3.8) is 0 Å². The number of hydrogen-bond acceptors (Lipinski definition) is 6. The molecule has 2 aromatic carbocycles. The fourth-order valence-corrected chi connectivity index (χ4v) is 4.61. The quantitative estimate of drug-likeness (QED) is 0.353. The lowest BCUT2D eigenvalue weighted by Crippen LogP contribution is -2.55. The summed E-state index contributed by atoms with van der Waals surface area (Å²) in [6, 6.07) is 16.2. The monoisotopic (exact) mass is 495 g/mol. The van der Waals surface area contributed by atoms with Crippen LogP contribution in [0.2, 0.25) is 0 Å². The molecular formula is C26H32F3NO5. The van der Waals surface area contributed by atoms with Crippen LogP contribution >= 0.6 is 0 Å². The second-order valence-electron chi connectivity index (χ2n) is 8.67.